The van der Waals surface area contributed by atoms with Crippen LogP contribution in [0.5, 0.6) is 0 Å². The first-order valence-corrected chi connectivity index (χ1v) is 5.08. The lowest BCUT2D eigenvalue weighted by molar-refractivity contribution is 0.720. The summed E-state index contributed by atoms with van der Waals surface area (Å²) in [5, 5.41) is 11.8. The van der Waals surface area contributed by atoms with Crippen molar-refractivity contribution in [3.8, 4) is 0 Å². The molecule has 0 amide bonds. The molecule has 0 aromatic carbocycles. The van der Waals surface area contributed by atoms with Crippen LogP contribution in [-0.4, -0.2) is 29.2 Å². The molecule has 5 heteroatoms. The quantitative estimate of drug-likeness (QED) is 0.570. The van der Waals surface area contributed by atoms with E-state index >= 15 is 0 Å². The van der Waals surface area contributed by atoms with Gasteiger partial charge in [-0.25, -0.2) is 0 Å². The van der Waals surface area contributed by atoms with Gasteiger partial charge in [-0.2, -0.15) is 5.10 Å². The van der Waals surface area contributed by atoms with Crippen molar-refractivity contribution in [3.05, 3.63) is 11.3 Å². The zero-order chi connectivity index (χ0) is 11.6. The molecule has 1 rings (SSSR count). The van der Waals surface area contributed by atoms with Gasteiger partial charge in [-0.15, -0.1) is 0 Å². The Bertz CT molecular complexity index is 366. The Morgan fingerprint density at radius 3 is 2.67 bits per heavy atom. The van der Waals surface area contributed by atoms with Crippen LogP contribution in [0.4, 0.5) is 5.82 Å². The lowest BCUT2D eigenvalue weighted by Crippen LogP contribution is -2.24. The Kier molecular flexibility index (Phi) is 3.34. The molecule has 0 fully saturated rings. The Balaban J connectivity index is 3.20. The van der Waals surface area contributed by atoms with Crippen molar-refractivity contribution < 1.29 is 0 Å². The molecule has 0 radical (unpaired) electrons. The van der Waals surface area contributed by atoms with E-state index in [2.05, 4.69) is 16.9 Å². The van der Waals surface area contributed by atoms with E-state index in [4.69, 9.17) is 11.1 Å². The fourth-order valence-electron chi connectivity index (χ4n) is 1.84. The van der Waals surface area contributed by atoms with Gasteiger partial charge in [-0.1, -0.05) is 6.92 Å². The molecule has 0 saturated heterocycles. The molecule has 3 N–H and O–H groups in total. The third kappa shape index (κ3) is 2.11. The van der Waals surface area contributed by atoms with Crippen LogP contribution < -0.4 is 10.6 Å². The van der Waals surface area contributed by atoms with Gasteiger partial charge in [0, 0.05) is 20.6 Å². The minimum absolute atomic E-state index is 0.0820. The van der Waals surface area contributed by atoms with Crippen LogP contribution in [0.25, 0.3) is 0 Å². The second-order valence-electron chi connectivity index (χ2n) is 3.74. The van der Waals surface area contributed by atoms with Crippen LogP contribution in [0.1, 0.15) is 24.6 Å². The Morgan fingerprint density at radius 2 is 2.20 bits per heavy atom. The first-order chi connectivity index (χ1) is 6.99. The van der Waals surface area contributed by atoms with Crippen molar-refractivity contribution in [1.82, 2.24) is 9.78 Å². The van der Waals surface area contributed by atoms with Gasteiger partial charge in [0.2, 0.25) is 0 Å². The SMILES string of the molecule is CCCN(C)c1c(C(=N)N)c(C)nn1C. The summed E-state index contributed by atoms with van der Waals surface area (Å²) in [7, 11) is 3.87. The summed E-state index contributed by atoms with van der Waals surface area (Å²) >= 11 is 0. The van der Waals surface area contributed by atoms with Gasteiger partial charge in [-0.05, 0) is 13.3 Å². The number of rotatable bonds is 4. The summed E-state index contributed by atoms with van der Waals surface area (Å²) in [6.07, 6.45) is 1.05. The highest BCUT2D eigenvalue weighted by atomic mass is 15.4. The molecular weight excluding hydrogens is 190 g/mol. The number of amidine groups is 1. The molecule has 0 spiro atoms. The van der Waals surface area contributed by atoms with E-state index < -0.39 is 0 Å². The maximum atomic E-state index is 7.55. The molecule has 84 valence electrons. The summed E-state index contributed by atoms with van der Waals surface area (Å²) in [5.41, 5.74) is 7.12. The van der Waals surface area contributed by atoms with Crippen molar-refractivity contribution in [2.24, 2.45) is 12.8 Å². The Labute approximate surface area is 90.4 Å². The average Bonchev–Trinajstić information content (AvgIpc) is 2.41. The maximum absolute atomic E-state index is 7.55. The highest BCUT2D eigenvalue weighted by Crippen LogP contribution is 2.21. The van der Waals surface area contributed by atoms with Crippen LogP contribution in [0.3, 0.4) is 0 Å². The predicted octanol–water partition coefficient (Wildman–Crippen LogP) is 0.859. The fraction of sp³-hybridized carbons (Fsp3) is 0.600. The molecule has 5 nitrogen and oxygen atoms in total. The maximum Gasteiger partial charge on any atom is 0.137 e. The lowest BCUT2D eigenvalue weighted by atomic mass is 10.2. The number of aromatic nitrogens is 2. The predicted molar refractivity (Wildman–Crippen MR) is 62.5 cm³/mol. The van der Waals surface area contributed by atoms with Crippen molar-refractivity contribution in [2.45, 2.75) is 20.3 Å². The average molecular weight is 209 g/mol. The van der Waals surface area contributed by atoms with Gasteiger partial charge >= 0.3 is 0 Å². The van der Waals surface area contributed by atoms with E-state index in [1.165, 1.54) is 0 Å². The number of nitrogen functional groups attached to an aromatic ring is 1. The number of hydrogen-bond donors (Lipinski definition) is 2. The van der Waals surface area contributed by atoms with E-state index in [9.17, 15) is 0 Å². The lowest BCUT2D eigenvalue weighted by Gasteiger charge is -2.19. The molecule has 0 saturated carbocycles. The molecule has 15 heavy (non-hydrogen) atoms. The standard InChI is InChI=1S/C10H19N5/c1-5-6-14(3)10-8(9(11)12)7(2)13-15(10)4/h5-6H2,1-4H3,(H3,11,12). The Morgan fingerprint density at radius 1 is 1.60 bits per heavy atom. The summed E-state index contributed by atoms with van der Waals surface area (Å²) in [4.78, 5) is 2.08. The van der Waals surface area contributed by atoms with Crippen LogP contribution in [0.2, 0.25) is 0 Å². The number of nitrogens with one attached hydrogen (secondary N) is 1. The largest absolute Gasteiger partial charge is 0.384 e. The number of aryl methyl sites for hydroxylation is 2. The first-order valence-electron chi connectivity index (χ1n) is 5.08. The van der Waals surface area contributed by atoms with Crippen molar-refractivity contribution in [1.29, 1.82) is 5.41 Å². The normalized spacial score (nSPS) is 10.4. The fourth-order valence-corrected chi connectivity index (χ4v) is 1.84. The third-order valence-electron chi connectivity index (χ3n) is 2.38. The molecule has 0 unspecified atom stereocenters. The van der Waals surface area contributed by atoms with Crippen LogP contribution in [0, 0.1) is 12.3 Å². The second-order valence-corrected chi connectivity index (χ2v) is 3.74. The Hall–Kier alpha value is -1.52. The molecule has 0 bridgehead atoms. The monoisotopic (exact) mass is 209 g/mol. The van der Waals surface area contributed by atoms with E-state index in [0.29, 0.717) is 0 Å². The van der Waals surface area contributed by atoms with Crippen LogP contribution >= 0.6 is 0 Å². The summed E-state index contributed by atoms with van der Waals surface area (Å²) in [6.45, 7) is 4.92. The zero-order valence-electron chi connectivity index (χ0n) is 9.83. The smallest absolute Gasteiger partial charge is 0.137 e. The van der Waals surface area contributed by atoms with E-state index in [1.54, 1.807) is 4.68 Å². The number of anilines is 1. The van der Waals surface area contributed by atoms with Crippen molar-refractivity contribution >= 4 is 11.7 Å². The number of hydrogen-bond acceptors (Lipinski definition) is 3. The molecule has 1 heterocycles. The topological polar surface area (TPSA) is 70.9 Å². The van der Waals surface area contributed by atoms with Gasteiger partial charge < -0.3 is 10.6 Å². The van der Waals surface area contributed by atoms with Gasteiger partial charge in [0.25, 0.3) is 0 Å². The van der Waals surface area contributed by atoms with Crippen LogP contribution in [0.15, 0.2) is 0 Å². The second kappa shape index (κ2) is 4.33. The highest BCUT2D eigenvalue weighted by Gasteiger charge is 2.18. The summed E-state index contributed by atoms with van der Waals surface area (Å²) in [6, 6.07) is 0. The van der Waals surface area contributed by atoms with Crippen molar-refractivity contribution in [3.63, 3.8) is 0 Å². The number of nitrogens with two attached hydrogens (primary N) is 1. The van der Waals surface area contributed by atoms with E-state index in [1.807, 2.05) is 21.0 Å². The molecule has 0 atom stereocenters. The van der Waals surface area contributed by atoms with Gasteiger partial charge in [-0.3, -0.25) is 10.1 Å². The number of nitrogens with zero attached hydrogens (tertiary/aromatic N) is 3. The first kappa shape index (κ1) is 11.6. The highest BCUT2D eigenvalue weighted by molar-refractivity contribution is 6.00. The van der Waals surface area contributed by atoms with Gasteiger partial charge in [0.15, 0.2) is 0 Å². The van der Waals surface area contributed by atoms with Gasteiger partial charge in [0.1, 0.15) is 11.7 Å². The zero-order valence-corrected chi connectivity index (χ0v) is 9.83. The van der Waals surface area contributed by atoms with Crippen molar-refractivity contribution in [2.75, 3.05) is 18.5 Å². The summed E-state index contributed by atoms with van der Waals surface area (Å²) < 4.78 is 1.78. The third-order valence-corrected chi connectivity index (χ3v) is 2.38. The molecular formula is C10H19N5. The molecule has 0 aliphatic carbocycles. The molecule has 0 aliphatic rings. The molecule has 0 aliphatic heterocycles. The van der Waals surface area contributed by atoms with Crippen LogP contribution in [-0.2, 0) is 7.05 Å². The summed E-state index contributed by atoms with van der Waals surface area (Å²) in [5.74, 6) is 1.00. The van der Waals surface area contributed by atoms with E-state index in [0.717, 1.165) is 30.0 Å². The minimum atomic E-state index is 0.0820. The molecule has 1 aromatic rings. The van der Waals surface area contributed by atoms with Gasteiger partial charge in [0.05, 0.1) is 11.3 Å². The van der Waals surface area contributed by atoms with E-state index in [-0.39, 0.29) is 5.84 Å². The minimum Gasteiger partial charge on any atom is -0.384 e. The molecule has 1 aromatic heterocycles.